The lowest BCUT2D eigenvalue weighted by Gasteiger charge is -2.01. The van der Waals surface area contributed by atoms with Crippen LogP contribution in [0.25, 0.3) is 10.8 Å². The lowest BCUT2D eigenvalue weighted by molar-refractivity contribution is -0.137. The maximum Gasteiger partial charge on any atom is 0.330 e. The summed E-state index contributed by atoms with van der Waals surface area (Å²) in [4.78, 5) is 11.1. The van der Waals surface area contributed by atoms with Gasteiger partial charge in [-0.3, -0.25) is 0 Å². The van der Waals surface area contributed by atoms with Gasteiger partial charge in [0.15, 0.2) is 0 Å². The maximum atomic E-state index is 11.1. The molecule has 0 aromatic heterocycles. The van der Waals surface area contributed by atoms with Gasteiger partial charge in [-0.2, -0.15) is 0 Å². The van der Waals surface area contributed by atoms with Gasteiger partial charge in [0.1, 0.15) is 0 Å². The quantitative estimate of drug-likeness (QED) is 0.604. The highest BCUT2D eigenvalue weighted by Gasteiger charge is 1.96. The molecule has 2 aromatic rings. The van der Waals surface area contributed by atoms with Crippen LogP contribution in [0.2, 0.25) is 0 Å². The third kappa shape index (κ3) is 3.20. The van der Waals surface area contributed by atoms with Crippen molar-refractivity contribution < 1.29 is 9.53 Å². The molecule has 0 aliphatic heterocycles. The third-order valence-electron chi connectivity index (χ3n) is 2.71. The molecule has 0 aliphatic carbocycles. The minimum atomic E-state index is -0.279. The lowest BCUT2D eigenvalue weighted by atomic mass is 10.1. The first-order chi connectivity index (χ1) is 8.79. The van der Waals surface area contributed by atoms with Crippen LogP contribution in [0.1, 0.15) is 12.5 Å². The highest BCUT2D eigenvalue weighted by molar-refractivity contribution is 5.83. The van der Waals surface area contributed by atoms with Crippen molar-refractivity contribution in [1.82, 2.24) is 0 Å². The molecule has 0 bridgehead atoms. The summed E-state index contributed by atoms with van der Waals surface area (Å²) >= 11 is 0. The number of ether oxygens (including phenoxy) is 1. The van der Waals surface area contributed by atoms with Crippen molar-refractivity contribution in [3.05, 3.63) is 60.2 Å². The van der Waals surface area contributed by atoms with E-state index in [0.717, 1.165) is 6.42 Å². The minimum absolute atomic E-state index is 0.279. The average Bonchev–Trinajstić information content (AvgIpc) is 2.39. The standard InChI is InChI=1S/C16H16O2/c1-2-18-16(17)9-5-6-13-10-11-14-7-3-4-8-15(14)12-13/h3-5,7-12H,2,6H2,1H3. The molecule has 0 N–H and O–H groups in total. The van der Waals surface area contributed by atoms with Gasteiger partial charge in [0.05, 0.1) is 6.61 Å². The summed E-state index contributed by atoms with van der Waals surface area (Å²) in [6.07, 6.45) is 4.06. The number of benzene rings is 2. The summed E-state index contributed by atoms with van der Waals surface area (Å²) in [5.74, 6) is -0.279. The van der Waals surface area contributed by atoms with Crippen molar-refractivity contribution in [3.63, 3.8) is 0 Å². The molecule has 0 unspecified atom stereocenters. The normalized spacial score (nSPS) is 10.9. The molecule has 2 rings (SSSR count). The zero-order valence-corrected chi connectivity index (χ0v) is 10.4. The predicted octanol–water partition coefficient (Wildman–Crippen LogP) is 3.50. The summed E-state index contributed by atoms with van der Waals surface area (Å²) in [7, 11) is 0. The van der Waals surface area contributed by atoms with Crippen LogP contribution in [0, 0.1) is 0 Å². The van der Waals surface area contributed by atoms with E-state index in [1.54, 1.807) is 6.92 Å². The van der Waals surface area contributed by atoms with Crippen LogP contribution in [0.4, 0.5) is 0 Å². The molecule has 0 saturated carbocycles. The monoisotopic (exact) mass is 240 g/mol. The number of fused-ring (bicyclic) bond motifs is 1. The van der Waals surface area contributed by atoms with Crippen LogP contribution in [0.5, 0.6) is 0 Å². The molecule has 0 aliphatic rings. The number of hydrogen-bond donors (Lipinski definition) is 0. The first-order valence-electron chi connectivity index (χ1n) is 6.10. The Morgan fingerprint density at radius 1 is 1.17 bits per heavy atom. The van der Waals surface area contributed by atoms with E-state index >= 15 is 0 Å². The molecule has 2 heteroatoms. The number of allylic oxidation sites excluding steroid dienone is 1. The van der Waals surface area contributed by atoms with E-state index in [-0.39, 0.29) is 5.97 Å². The molecule has 0 atom stereocenters. The molecule has 18 heavy (non-hydrogen) atoms. The van der Waals surface area contributed by atoms with Gasteiger partial charge < -0.3 is 4.74 Å². The molecular weight excluding hydrogens is 224 g/mol. The fourth-order valence-electron chi connectivity index (χ4n) is 1.85. The number of rotatable bonds is 4. The molecule has 0 heterocycles. The van der Waals surface area contributed by atoms with Crippen molar-refractivity contribution in [3.8, 4) is 0 Å². The van der Waals surface area contributed by atoms with E-state index in [0.29, 0.717) is 6.61 Å². The van der Waals surface area contributed by atoms with Gasteiger partial charge in [-0.05, 0) is 29.7 Å². The second-order valence-corrected chi connectivity index (χ2v) is 4.04. The zero-order chi connectivity index (χ0) is 12.8. The summed E-state index contributed by atoms with van der Waals surface area (Å²) in [5, 5.41) is 2.45. The Hall–Kier alpha value is -2.09. The lowest BCUT2D eigenvalue weighted by Crippen LogP contribution is -1.99. The van der Waals surface area contributed by atoms with Gasteiger partial charge in [0.25, 0.3) is 0 Å². The van der Waals surface area contributed by atoms with Gasteiger partial charge in [-0.1, -0.05) is 48.5 Å². The van der Waals surface area contributed by atoms with Crippen LogP contribution in [0.15, 0.2) is 54.6 Å². The Balaban J connectivity index is 2.06. The molecule has 0 amide bonds. The summed E-state index contributed by atoms with van der Waals surface area (Å²) in [6, 6.07) is 14.6. The largest absolute Gasteiger partial charge is 0.463 e. The molecule has 92 valence electrons. The molecule has 0 fully saturated rings. The highest BCUT2D eigenvalue weighted by atomic mass is 16.5. The molecule has 0 radical (unpaired) electrons. The number of carbonyl (C=O) groups is 1. The van der Waals surface area contributed by atoms with Gasteiger partial charge in [-0.15, -0.1) is 0 Å². The fraction of sp³-hybridized carbons (Fsp3) is 0.188. The molecule has 2 aromatic carbocycles. The first-order valence-corrected chi connectivity index (χ1v) is 6.10. The van der Waals surface area contributed by atoms with Gasteiger partial charge in [0.2, 0.25) is 0 Å². The number of esters is 1. The van der Waals surface area contributed by atoms with E-state index in [1.165, 1.54) is 22.4 Å². The Kier molecular flexibility index (Phi) is 4.13. The Morgan fingerprint density at radius 3 is 2.72 bits per heavy atom. The molecule has 0 spiro atoms. The SMILES string of the molecule is CCOC(=O)C=CCc1ccc2ccccc2c1. The van der Waals surface area contributed by atoms with Crippen LogP contribution in [-0.2, 0) is 16.0 Å². The Bertz CT molecular complexity index is 570. The van der Waals surface area contributed by atoms with Crippen LogP contribution in [0.3, 0.4) is 0 Å². The van der Waals surface area contributed by atoms with Crippen molar-refractivity contribution in [2.24, 2.45) is 0 Å². The van der Waals surface area contributed by atoms with Crippen molar-refractivity contribution >= 4 is 16.7 Å². The maximum absolute atomic E-state index is 11.1. The molecule has 2 nitrogen and oxygen atoms in total. The van der Waals surface area contributed by atoms with Gasteiger partial charge in [0, 0.05) is 6.08 Å². The van der Waals surface area contributed by atoms with E-state index in [1.807, 2.05) is 18.2 Å². The zero-order valence-electron chi connectivity index (χ0n) is 10.4. The topological polar surface area (TPSA) is 26.3 Å². The Morgan fingerprint density at radius 2 is 1.94 bits per heavy atom. The molecule has 0 saturated heterocycles. The second-order valence-electron chi connectivity index (χ2n) is 4.04. The van der Waals surface area contributed by atoms with Crippen molar-refractivity contribution in [1.29, 1.82) is 0 Å². The first kappa shape index (κ1) is 12.4. The van der Waals surface area contributed by atoms with Crippen molar-refractivity contribution in [2.45, 2.75) is 13.3 Å². The smallest absolute Gasteiger partial charge is 0.330 e. The summed E-state index contributed by atoms with van der Waals surface area (Å²) in [6.45, 7) is 2.22. The van der Waals surface area contributed by atoms with Gasteiger partial charge >= 0.3 is 5.97 Å². The molecular formula is C16H16O2. The predicted molar refractivity (Wildman–Crippen MR) is 73.4 cm³/mol. The van der Waals surface area contributed by atoms with E-state index in [9.17, 15) is 4.79 Å². The third-order valence-corrected chi connectivity index (χ3v) is 2.71. The van der Waals surface area contributed by atoms with Crippen LogP contribution >= 0.6 is 0 Å². The summed E-state index contributed by atoms with van der Waals surface area (Å²) in [5.41, 5.74) is 1.19. The van der Waals surface area contributed by atoms with Crippen molar-refractivity contribution in [2.75, 3.05) is 6.61 Å². The van der Waals surface area contributed by atoms with Crippen LogP contribution < -0.4 is 0 Å². The summed E-state index contributed by atoms with van der Waals surface area (Å²) < 4.78 is 4.82. The fourth-order valence-corrected chi connectivity index (χ4v) is 1.85. The second kappa shape index (κ2) is 6.01. The van der Waals surface area contributed by atoms with E-state index < -0.39 is 0 Å². The average molecular weight is 240 g/mol. The van der Waals surface area contributed by atoms with Crippen LogP contribution in [-0.4, -0.2) is 12.6 Å². The highest BCUT2D eigenvalue weighted by Crippen LogP contribution is 2.16. The minimum Gasteiger partial charge on any atom is -0.463 e. The number of carbonyl (C=O) groups excluding carboxylic acids is 1. The Labute approximate surface area is 107 Å². The van der Waals surface area contributed by atoms with Gasteiger partial charge in [-0.25, -0.2) is 4.79 Å². The number of hydrogen-bond acceptors (Lipinski definition) is 2. The van der Waals surface area contributed by atoms with E-state index in [2.05, 4.69) is 30.3 Å². The van der Waals surface area contributed by atoms with E-state index in [4.69, 9.17) is 4.74 Å².